The summed E-state index contributed by atoms with van der Waals surface area (Å²) in [7, 11) is 0. The number of ether oxygens (including phenoxy) is 1. The molecule has 6 heteroatoms. The number of carbonyl (C=O) groups is 1. The molecule has 0 saturated carbocycles. The van der Waals surface area contributed by atoms with Gasteiger partial charge < -0.3 is 15.0 Å². The fraction of sp³-hybridized carbons (Fsp3) is 0.565. The van der Waals surface area contributed by atoms with E-state index in [2.05, 4.69) is 43.3 Å². The molecule has 1 unspecified atom stereocenters. The average Bonchev–Trinajstić information content (AvgIpc) is 3.13. The van der Waals surface area contributed by atoms with E-state index in [0.717, 1.165) is 43.7 Å². The van der Waals surface area contributed by atoms with Crippen LogP contribution in [0.3, 0.4) is 0 Å². The van der Waals surface area contributed by atoms with Gasteiger partial charge in [0.2, 0.25) is 0 Å². The van der Waals surface area contributed by atoms with Crippen LogP contribution in [0.5, 0.6) is 0 Å². The normalized spacial score (nSPS) is 19.3. The molecule has 4 rings (SSSR count). The zero-order valence-electron chi connectivity index (χ0n) is 17.8. The van der Waals surface area contributed by atoms with E-state index in [-0.39, 0.29) is 5.91 Å². The molecule has 1 atom stereocenters. The number of aromatic nitrogens is 2. The molecular weight excluding hydrogens is 364 g/mol. The molecule has 2 aromatic rings. The van der Waals surface area contributed by atoms with Crippen molar-refractivity contribution in [2.45, 2.75) is 46.7 Å². The molecule has 0 aliphatic carbocycles. The van der Waals surface area contributed by atoms with Gasteiger partial charge in [0.1, 0.15) is 0 Å². The third-order valence-electron chi connectivity index (χ3n) is 6.28. The fourth-order valence-electron chi connectivity index (χ4n) is 4.68. The topological polar surface area (TPSA) is 59.4 Å². The molecule has 29 heavy (non-hydrogen) atoms. The third kappa shape index (κ3) is 4.38. The Hall–Kier alpha value is -2.18. The van der Waals surface area contributed by atoms with Gasteiger partial charge in [0.25, 0.3) is 5.91 Å². The maximum Gasteiger partial charge on any atom is 0.257 e. The fourth-order valence-corrected chi connectivity index (χ4v) is 4.68. The number of hydrogen-bond acceptors (Lipinski definition) is 4. The van der Waals surface area contributed by atoms with Crippen molar-refractivity contribution < 1.29 is 9.53 Å². The predicted molar refractivity (Wildman–Crippen MR) is 113 cm³/mol. The first-order valence-corrected chi connectivity index (χ1v) is 10.7. The van der Waals surface area contributed by atoms with Gasteiger partial charge in [0.15, 0.2) is 0 Å². The minimum Gasteiger partial charge on any atom is -0.378 e. The zero-order valence-corrected chi connectivity index (χ0v) is 17.8. The van der Waals surface area contributed by atoms with Gasteiger partial charge in [-0.25, -0.2) is 0 Å². The molecule has 1 aromatic carbocycles. The van der Waals surface area contributed by atoms with Crippen molar-refractivity contribution in [2.75, 3.05) is 32.8 Å². The Morgan fingerprint density at radius 2 is 1.90 bits per heavy atom. The summed E-state index contributed by atoms with van der Waals surface area (Å²) in [5.41, 5.74) is 7.32. The molecule has 6 nitrogen and oxygen atoms in total. The first kappa shape index (κ1) is 20.1. The number of hydrogen-bond donors (Lipinski definition) is 1. The summed E-state index contributed by atoms with van der Waals surface area (Å²) in [5.74, 6) is 0.635. The number of nitrogens with zero attached hydrogens (tertiary/aromatic N) is 3. The van der Waals surface area contributed by atoms with Crippen LogP contribution >= 0.6 is 0 Å². The van der Waals surface area contributed by atoms with Crippen LogP contribution in [-0.4, -0.2) is 53.4 Å². The van der Waals surface area contributed by atoms with Crippen LogP contribution in [-0.2, 0) is 24.2 Å². The zero-order chi connectivity index (χ0) is 20.4. The van der Waals surface area contributed by atoms with E-state index in [1.807, 2.05) is 9.58 Å². The Bertz CT molecular complexity index is 860. The van der Waals surface area contributed by atoms with Gasteiger partial charge in [-0.2, -0.15) is 5.10 Å². The lowest BCUT2D eigenvalue weighted by Crippen LogP contribution is -2.41. The van der Waals surface area contributed by atoms with Crippen LogP contribution in [0.2, 0.25) is 0 Å². The number of morpholine rings is 1. The van der Waals surface area contributed by atoms with Gasteiger partial charge in [-0.1, -0.05) is 17.7 Å². The second kappa shape index (κ2) is 8.67. The highest BCUT2D eigenvalue weighted by Crippen LogP contribution is 2.24. The molecule has 156 valence electrons. The van der Waals surface area contributed by atoms with E-state index in [1.54, 1.807) is 6.20 Å². The molecule has 2 aliphatic rings. The van der Waals surface area contributed by atoms with E-state index in [4.69, 9.17) is 4.74 Å². The first-order valence-electron chi connectivity index (χ1n) is 10.7. The number of amides is 1. The monoisotopic (exact) mass is 396 g/mol. The molecule has 1 amide bonds. The maximum atomic E-state index is 12.9. The summed E-state index contributed by atoms with van der Waals surface area (Å²) in [6.45, 7) is 11.9. The van der Waals surface area contributed by atoms with E-state index in [0.29, 0.717) is 32.2 Å². The van der Waals surface area contributed by atoms with Crippen molar-refractivity contribution in [1.29, 1.82) is 0 Å². The Morgan fingerprint density at radius 3 is 2.62 bits per heavy atom. The summed E-state index contributed by atoms with van der Waals surface area (Å²) in [6.07, 6.45) is 3.77. The molecule has 1 aromatic heterocycles. The van der Waals surface area contributed by atoms with Crippen molar-refractivity contribution in [3.8, 4) is 0 Å². The molecule has 1 saturated heterocycles. The van der Waals surface area contributed by atoms with Crippen LogP contribution < -0.4 is 5.32 Å². The largest absolute Gasteiger partial charge is 0.378 e. The van der Waals surface area contributed by atoms with Crippen molar-refractivity contribution in [3.05, 3.63) is 51.8 Å². The maximum absolute atomic E-state index is 12.9. The Morgan fingerprint density at radius 1 is 1.17 bits per heavy atom. The molecule has 1 N–H and O–H groups in total. The number of nitrogens with one attached hydrogen (secondary N) is 1. The summed E-state index contributed by atoms with van der Waals surface area (Å²) in [5, 5.41) is 8.15. The van der Waals surface area contributed by atoms with Crippen molar-refractivity contribution >= 4 is 5.91 Å². The number of benzene rings is 1. The minimum atomic E-state index is 0.106. The van der Waals surface area contributed by atoms with E-state index < -0.39 is 0 Å². The van der Waals surface area contributed by atoms with Crippen molar-refractivity contribution in [2.24, 2.45) is 5.92 Å². The highest BCUT2D eigenvalue weighted by molar-refractivity contribution is 5.95. The minimum absolute atomic E-state index is 0.106. The van der Waals surface area contributed by atoms with Crippen LogP contribution in [0.25, 0.3) is 0 Å². The number of rotatable bonds is 5. The van der Waals surface area contributed by atoms with Crippen LogP contribution in [0, 0.1) is 26.7 Å². The molecule has 3 heterocycles. The SMILES string of the molecule is Cc1cc(C)c(CNCC2CCn3ncc(C(=O)N4CCOCC4)c3C2)c(C)c1. The third-order valence-corrected chi connectivity index (χ3v) is 6.28. The Balaban J connectivity index is 1.37. The average molecular weight is 397 g/mol. The summed E-state index contributed by atoms with van der Waals surface area (Å²) < 4.78 is 7.40. The molecule has 0 bridgehead atoms. The van der Waals surface area contributed by atoms with Crippen LogP contribution in [0.1, 0.15) is 44.7 Å². The van der Waals surface area contributed by atoms with Crippen molar-refractivity contribution in [3.63, 3.8) is 0 Å². The van der Waals surface area contributed by atoms with Gasteiger partial charge in [-0.3, -0.25) is 9.48 Å². The van der Waals surface area contributed by atoms with E-state index >= 15 is 0 Å². The van der Waals surface area contributed by atoms with Gasteiger partial charge in [-0.05, 0) is 62.8 Å². The van der Waals surface area contributed by atoms with Gasteiger partial charge in [-0.15, -0.1) is 0 Å². The lowest BCUT2D eigenvalue weighted by Gasteiger charge is -2.28. The number of carbonyl (C=O) groups excluding carboxylic acids is 1. The van der Waals surface area contributed by atoms with Crippen LogP contribution in [0.4, 0.5) is 0 Å². The number of aryl methyl sites for hydroxylation is 4. The molecule has 0 spiro atoms. The standard InChI is InChI=1S/C23H32N4O2/c1-16-10-17(2)20(18(3)11-16)14-24-13-19-4-5-27-22(12-19)21(15-25-27)23(28)26-6-8-29-9-7-26/h10-11,15,19,24H,4-9,12-14H2,1-3H3. The molecule has 0 radical (unpaired) electrons. The molecular formula is C23H32N4O2. The highest BCUT2D eigenvalue weighted by atomic mass is 16.5. The smallest absolute Gasteiger partial charge is 0.257 e. The van der Waals surface area contributed by atoms with Gasteiger partial charge in [0.05, 0.1) is 30.7 Å². The molecule has 1 fully saturated rings. The number of fused-ring (bicyclic) bond motifs is 1. The predicted octanol–water partition coefficient (Wildman–Crippen LogP) is 2.63. The van der Waals surface area contributed by atoms with E-state index in [9.17, 15) is 4.79 Å². The lowest BCUT2D eigenvalue weighted by molar-refractivity contribution is 0.0301. The van der Waals surface area contributed by atoms with E-state index in [1.165, 1.54) is 22.3 Å². The molecule has 2 aliphatic heterocycles. The first-order chi connectivity index (χ1) is 14.0. The second-order valence-electron chi connectivity index (χ2n) is 8.50. The summed E-state index contributed by atoms with van der Waals surface area (Å²) in [4.78, 5) is 14.8. The highest BCUT2D eigenvalue weighted by Gasteiger charge is 2.28. The van der Waals surface area contributed by atoms with Crippen molar-refractivity contribution in [1.82, 2.24) is 20.0 Å². The summed E-state index contributed by atoms with van der Waals surface area (Å²) >= 11 is 0. The summed E-state index contributed by atoms with van der Waals surface area (Å²) in [6, 6.07) is 4.51. The second-order valence-corrected chi connectivity index (χ2v) is 8.50. The Labute approximate surface area is 173 Å². The lowest BCUT2D eigenvalue weighted by atomic mass is 9.93. The Kier molecular flexibility index (Phi) is 6.01. The van der Waals surface area contributed by atoms with Gasteiger partial charge in [0, 0.05) is 26.2 Å². The van der Waals surface area contributed by atoms with Crippen LogP contribution in [0.15, 0.2) is 18.3 Å². The quantitative estimate of drug-likeness (QED) is 0.844. The van der Waals surface area contributed by atoms with Gasteiger partial charge >= 0.3 is 0 Å².